The number of quaternary nitrogens is 1. The van der Waals surface area contributed by atoms with E-state index in [1.807, 2.05) is 60.7 Å². The molecule has 0 aliphatic carbocycles. The molecule has 4 nitrogen and oxygen atoms in total. The predicted octanol–water partition coefficient (Wildman–Crippen LogP) is 2.80. The van der Waals surface area contributed by atoms with Crippen molar-refractivity contribution in [2.75, 3.05) is 27.2 Å². The summed E-state index contributed by atoms with van der Waals surface area (Å²) in [6.07, 6.45) is 0. The lowest BCUT2D eigenvalue weighted by Crippen LogP contribution is -3.06. The molecule has 3 aromatic rings. The minimum absolute atomic E-state index is 0.00374. The Morgan fingerprint density at radius 3 is 2.48 bits per heavy atom. The van der Waals surface area contributed by atoms with Crippen LogP contribution in [0, 0.1) is 0 Å². The second-order valence-corrected chi connectivity index (χ2v) is 7.58. The van der Waals surface area contributed by atoms with Crippen LogP contribution in [0.2, 0.25) is 0 Å². The molecule has 0 radical (unpaired) electrons. The van der Waals surface area contributed by atoms with Crippen LogP contribution >= 0.6 is 11.3 Å². The summed E-state index contributed by atoms with van der Waals surface area (Å²) in [4.78, 5) is 14.9. The fraction of sp³-hybridized carbons (Fsp3) is 0.227. The molecule has 1 atom stereocenters. The molecular weight excluding hydrogens is 356 g/mol. The zero-order chi connectivity index (χ0) is 19.1. The summed E-state index contributed by atoms with van der Waals surface area (Å²) in [5.41, 5.74) is 2.06. The van der Waals surface area contributed by atoms with Gasteiger partial charge >= 0.3 is 0 Å². The Morgan fingerprint density at radius 1 is 1.04 bits per heavy atom. The monoisotopic (exact) mass is 381 g/mol. The van der Waals surface area contributed by atoms with Gasteiger partial charge in [-0.1, -0.05) is 54.6 Å². The molecule has 0 saturated carbocycles. The molecule has 0 unspecified atom stereocenters. The van der Waals surface area contributed by atoms with E-state index in [2.05, 4.69) is 30.9 Å². The summed E-state index contributed by atoms with van der Waals surface area (Å²) in [5, 5.41) is 5.07. The number of hydrogen-bond acceptors (Lipinski definition) is 3. The van der Waals surface area contributed by atoms with Gasteiger partial charge in [0.05, 0.1) is 25.5 Å². The van der Waals surface area contributed by atoms with Gasteiger partial charge < -0.3 is 15.0 Å². The fourth-order valence-electron chi connectivity index (χ4n) is 2.94. The van der Waals surface area contributed by atoms with Crippen LogP contribution in [0.3, 0.4) is 0 Å². The molecule has 0 aliphatic heterocycles. The van der Waals surface area contributed by atoms with Crippen molar-refractivity contribution in [3.63, 3.8) is 0 Å². The van der Waals surface area contributed by atoms with Gasteiger partial charge in [-0.3, -0.25) is 4.79 Å². The van der Waals surface area contributed by atoms with Gasteiger partial charge in [0.2, 0.25) is 0 Å². The smallest absolute Gasteiger partial charge is 0.258 e. The predicted molar refractivity (Wildman–Crippen MR) is 110 cm³/mol. The van der Waals surface area contributed by atoms with Crippen LogP contribution in [0.15, 0.2) is 72.1 Å². The van der Waals surface area contributed by atoms with E-state index >= 15 is 0 Å². The average Bonchev–Trinajstić information content (AvgIpc) is 3.21. The van der Waals surface area contributed by atoms with Crippen molar-refractivity contribution in [1.29, 1.82) is 0 Å². The Balaban J connectivity index is 1.58. The third-order valence-electron chi connectivity index (χ3n) is 4.42. The number of amides is 1. The van der Waals surface area contributed by atoms with Crippen molar-refractivity contribution in [2.24, 2.45) is 0 Å². The van der Waals surface area contributed by atoms with Crippen LogP contribution in [0.4, 0.5) is 0 Å². The Labute approximate surface area is 164 Å². The highest BCUT2D eigenvalue weighted by Crippen LogP contribution is 2.29. The molecule has 0 bridgehead atoms. The zero-order valence-electron chi connectivity index (χ0n) is 15.6. The molecule has 0 fully saturated rings. The lowest BCUT2D eigenvalue weighted by Gasteiger charge is -2.20. The lowest BCUT2D eigenvalue weighted by atomic mass is 10.1. The molecular formula is C22H25N2O2S+. The van der Waals surface area contributed by atoms with Crippen LogP contribution in [0.1, 0.15) is 10.9 Å². The second kappa shape index (κ2) is 9.35. The maximum atomic E-state index is 12.3. The SMILES string of the molecule is C[NH+](C)[C@H](CNC(=O)COc1ccccc1-c1ccccc1)c1cccs1. The summed E-state index contributed by atoms with van der Waals surface area (Å²) in [5.74, 6) is 0.604. The maximum Gasteiger partial charge on any atom is 0.258 e. The molecule has 140 valence electrons. The highest BCUT2D eigenvalue weighted by atomic mass is 32.1. The first kappa shape index (κ1) is 19.1. The third-order valence-corrected chi connectivity index (χ3v) is 5.40. The number of benzene rings is 2. The highest BCUT2D eigenvalue weighted by Gasteiger charge is 2.19. The summed E-state index contributed by atoms with van der Waals surface area (Å²) >= 11 is 1.72. The molecule has 2 N–H and O–H groups in total. The normalized spacial score (nSPS) is 12.0. The van der Waals surface area contributed by atoms with E-state index in [0.717, 1.165) is 11.1 Å². The Morgan fingerprint density at radius 2 is 1.78 bits per heavy atom. The van der Waals surface area contributed by atoms with Crippen LogP contribution in [0.5, 0.6) is 5.75 Å². The molecule has 1 amide bonds. The van der Waals surface area contributed by atoms with Gasteiger partial charge in [-0.2, -0.15) is 0 Å². The van der Waals surface area contributed by atoms with Crippen LogP contribution in [-0.4, -0.2) is 33.2 Å². The van der Waals surface area contributed by atoms with Gasteiger partial charge in [0.25, 0.3) is 5.91 Å². The van der Waals surface area contributed by atoms with Crippen molar-refractivity contribution in [3.8, 4) is 16.9 Å². The lowest BCUT2D eigenvalue weighted by molar-refractivity contribution is -0.890. The summed E-state index contributed by atoms with van der Waals surface area (Å²) in [6.45, 7) is 0.592. The molecule has 0 saturated heterocycles. The molecule has 5 heteroatoms. The first-order valence-electron chi connectivity index (χ1n) is 9.02. The largest absolute Gasteiger partial charge is 0.483 e. The van der Waals surface area contributed by atoms with Crippen LogP contribution in [-0.2, 0) is 4.79 Å². The Bertz CT molecular complexity index is 848. The van der Waals surface area contributed by atoms with E-state index in [1.165, 1.54) is 9.78 Å². The molecule has 3 rings (SSSR count). The molecule has 1 heterocycles. The van der Waals surface area contributed by atoms with Crippen molar-refractivity contribution < 1.29 is 14.4 Å². The van der Waals surface area contributed by atoms with Crippen LogP contribution < -0.4 is 15.0 Å². The topological polar surface area (TPSA) is 42.8 Å². The number of hydrogen-bond donors (Lipinski definition) is 2. The summed E-state index contributed by atoms with van der Waals surface area (Å²) in [7, 11) is 4.20. The van der Waals surface area contributed by atoms with Gasteiger partial charge in [-0.25, -0.2) is 0 Å². The first-order valence-corrected chi connectivity index (χ1v) is 9.90. The third kappa shape index (κ3) is 5.18. The molecule has 1 aromatic heterocycles. The van der Waals surface area contributed by atoms with Crippen molar-refractivity contribution in [1.82, 2.24) is 5.32 Å². The number of thiophene rings is 1. The molecule has 0 spiro atoms. The first-order chi connectivity index (χ1) is 13.1. The van der Waals surface area contributed by atoms with Gasteiger partial charge in [-0.15, -0.1) is 11.3 Å². The summed E-state index contributed by atoms with van der Waals surface area (Å²) in [6, 6.07) is 22.2. The van der Waals surface area contributed by atoms with Crippen LogP contribution in [0.25, 0.3) is 11.1 Å². The Hall–Kier alpha value is -2.63. The quantitative estimate of drug-likeness (QED) is 0.630. The minimum atomic E-state index is -0.110. The highest BCUT2D eigenvalue weighted by molar-refractivity contribution is 7.10. The van der Waals surface area contributed by atoms with E-state index < -0.39 is 0 Å². The number of rotatable bonds is 8. The minimum Gasteiger partial charge on any atom is -0.483 e. The standard InChI is InChI=1S/C22H24N2O2S/c1-24(2)19(21-13-8-14-27-21)15-23-22(25)16-26-20-12-7-6-11-18(20)17-9-4-3-5-10-17/h3-14,19H,15-16H2,1-2H3,(H,23,25)/p+1/t19-/m1/s1. The molecule has 27 heavy (non-hydrogen) atoms. The van der Waals surface area contributed by atoms with Crippen molar-refractivity contribution in [3.05, 3.63) is 77.0 Å². The molecule has 2 aromatic carbocycles. The van der Waals surface area contributed by atoms with E-state index in [-0.39, 0.29) is 18.6 Å². The number of ether oxygens (including phenoxy) is 1. The zero-order valence-corrected chi connectivity index (χ0v) is 16.5. The number of nitrogens with one attached hydrogen (secondary N) is 2. The van der Waals surface area contributed by atoms with Crippen molar-refractivity contribution in [2.45, 2.75) is 6.04 Å². The summed E-state index contributed by atoms with van der Waals surface area (Å²) < 4.78 is 5.82. The fourth-order valence-corrected chi connectivity index (χ4v) is 3.89. The number of para-hydroxylation sites is 1. The maximum absolute atomic E-state index is 12.3. The number of likely N-dealkylation sites (N-methyl/N-ethyl adjacent to an activating group) is 1. The van der Waals surface area contributed by atoms with Crippen molar-refractivity contribution >= 4 is 17.2 Å². The van der Waals surface area contributed by atoms with E-state index in [9.17, 15) is 4.79 Å². The Kier molecular flexibility index (Phi) is 6.63. The number of carbonyl (C=O) groups is 1. The van der Waals surface area contributed by atoms with Gasteiger partial charge in [0, 0.05) is 5.56 Å². The van der Waals surface area contributed by atoms with E-state index in [0.29, 0.717) is 12.3 Å². The van der Waals surface area contributed by atoms with Gasteiger partial charge in [-0.05, 0) is 23.1 Å². The van der Waals surface area contributed by atoms with E-state index in [1.54, 1.807) is 11.3 Å². The average molecular weight is 382 g/mol. The van der Waals surface area contributed by atoms with Gasteiger partial charge in [0.1, 0.15) is 11.8 Å². The second-order valence-electron chi connectivity index (χ2n) is 6.60. The van der Waals surface area contributed by atoms with E-state index in [4.69, 9.17) is 4.74 Å². The number of carbonyl (C=O) groups excluding carboxylic acids is 1. The van der Waals surface area contributed by atoms with Gasteiger partial charge in [0.15, 0.2) is 6.61 Å². The molecule has 0 aliphatic rings.